The lowest BCUT2D eigenvalue weighted by atomic mass is 10.2. The summed E-state index contributed by atoms with van der Waals surface area (Å²) in [6, 6.07) is 7.01. The first-order valence-corrected chi connectivity index (χ1v) is 9.95. The van der Waals surface area contributed by atoms with Gasteiger partial charge >= 0.3 is 0 Å². The Morgan fingerprint density at radius 2 is 1.96 bits per heavy atom. The van der Waals surface area contributed by atoms with E-state index in [9.17, 15) is 13.2 Å². The molecule has 136 valence electrons. The molecule has 1 unspecified atom stereocenters. The van der Waals surface area contributed by atoms with Crippen molar-refractivity contribution in [1.29, 1.82) is 0 Å². The Hall–Kier alpha value is -2.04. The van der Waals surface area contributed by atoms with Crippen LogP contribution in [-0.4, -0.2) is 37.2 Å². The Morgan fingerprint density at radius 3 is 2.60 bits per heavy atom. The van der Waals surface area contributed by atoms with Crippen molar-refractivity contribution in [1.82, 2.24) is 14.9 Å². The molecule has 2 aromatic rings. The average Bonchev–Trinajstić information content (AvgIpc) is 3.03. The van der Waals surface area contributed by atoms with Crippen molar-refractivity contribution in [3.8, 4) is 5.75 Å². The van der Waals surface area contributed by atoms with Gasteiger partial charge < -0.3 is 10.1 Å². The predicted octanol–water partition coefficient (Wildman–Crippen LogP) is 1.94. The van der Waals surface area contributed by atoms with Gasteiger partial charge in [-0.2, -0.15) is 0 Å². The number of aryl methyl sites for hydroxylation is 1. The molecule has 0 aliphatic heterocycles. The molecule has 1 amide bonds. The van der Waals surface area contributed by atoms with Crippen LogP contribution in [0.3, 0.4) is 0 Å². The number of benzene rings is 1. The number of carbonyl (C=O) groups is 1. The summed E-state index contributed by atoms with van der Waals surface area (Å²) in [5.74, 6) is 0.407. The lowest BCUT2D eigenvalue weighted by Crippen LogP contribution is -2.36. The van der Waals surface area contributed by atoms with Gasteiger partial charge in [-0.25, -0.2) is 13.1 Å². The maximum atomic E-state index is 12.3. The van der Waals surface area contributed by atoms with Crippen molar-refractivity contribution in [2.75, 3.05) is 11.9 Å². The number of rotatable bonds is 8. The van der Waals surface area contributed by atoms with Crippen LogP contribution in [0.4, 0.5) is 5.13 Å². The molecule has 1 aromatic heterocycles. The summed E-state index contributed by atoms with van der Waals surface area (Å²) in [6.07, 6.45) is 0.271. The number of anilines is 1. The summed E-state index contributed by atoms with van der Waals surface area (Å²) < 4.78 is 32.4. The average molecular weight is 384 g/mol. The molecule has 1 atom stereocenters. The number of carbonyl (C=O) groups excluding carboxylic acids is 1. The van der Waals surface area contributed by atoms with Gasteiger partial charge in [-0.15, -0.1) is 10.2 Å². The Morgan fingerprint density at radius 1 is 1.28 bits per heavy atom. The van der Waals surface area contributed by atoms with Crippen molar-refractivity contribution in [3.63, 3.8) is 0 Å². The highest BCUT2D eigenvalue weighted by Crippen LogP contribution is 2.20. The standard InChI is InChI=1S/C15H20N4O4S2/c1-4-13(20)16-14-17-18-15(24-14)25(21,22)19-11(3)9-23-12-7-5-10(2)6-8-12/h5-8,11,19H,4,9H2,1-3H3,(H,16,17,20). The van der Waals surface area contributed by atoms with Gasteiger partial charge in [0, 0.05) is 6.42 Å². The molecular formula is C15H20N4O4S2. The molecule has 0 spiro atoms. The highest BCUT2D eigenvalue weighted by molar-refractivity contribution is 7.91. The monoisotopic (exact) mass is 384 g/mol. The summed E-state index contributed by atoms with van der Waals surface area (Å²) in [7, 11) is -3.83. The van der Waals surface area contributed by atoms with Crippen molar-refractivity contribution in [3.05, 3.63) is 29.8 Å². The third-order valence-corrected chi connectivity index (χ3v) is 5.88. The highest BCUT2D eigenvalue weighted by Gasteiger charge is 2.23. The zero-order chi connectivity index (χ0) is 18.4. The van der Waals surface area contributed by atoms with E-state index in [0.29, 0.717) is 5.75 Å². The molecule has 0 fully saturated rings. The molecule has 1 aromatic carbocycles. The Labute approximate surface area is 150 Å². The van der Waals surface area contributed by atoms with Crippen LogP contribution < -0.4 is 14.8 Å². The molecule has 2 rings (SSSR count). The molecule has 0 aliphatic carbocycles. The Bertz CT molecular complexity index is 818. The van der Waals surface area contributed by atoms with Crippen LogP contribution in [0.15, 0.2) is 28.6 Å². The fraction of sp³-hybridized carbons (Fsp3) is 0.400. The molecule has 0 bridgehead atoms. The normalized spacial score (nSPS) is 12.6. The van der Waals surface area contributed by atoms with Crippen LogP contribution in [0, 0.1) is 6.92 Å². The van der Waals surface area contributed by atoms with Gasteiger partial charge in [-0.3, -0.25) is 4.79 Å². The van der Waals surface area contributed by atoms with E-state index in [1.165, 1.54) is 0 Å². The number of hydrogen-bond acceptors (Lipinski definition) is 7. The van der Waals surface area contributed by atoms with Crippen LogP contribution in [0.1, 0.15) is 25.8 Å². The number of aromatic nitrogens is 2. The Kier molecular flexibility index (Phi) is 6.45. The number of nitrogens with zero attached hydrogens (tertiary/aromatic N) is 2. The summed E-state index contributed by atoms with van der Waals surface area (Å²) in [6.45, 7) is 5.51. The van der Waals surface area contributed by atoms with Crippen LogP contribution in [0.2, 0.25) is 0 Å². The lowest BCUT2D eigenvalue weighted by molar-refractivity contribution is -0.115. The first-order chi connectivity index (χ1) is 11.8. The molecule has 0 saturated carbocycles. The second-order valence-electron chi connectivity index (χ2n) is 5.42. The first kappa shape index (κ1) is 19.3. The number of hydrogen-bond donors (Lipinski definition) is 2. The van der Waals surface area contributed by atoms with E-state index in [1.807, 2.05) is 31.2 Å². The second-order valence-corrected chi connectivity index (χ2v) is 8.29. The van der Waals surface area contributed by atoms with Gasteiger partial charge in [0.15, 0.2) is 0 Å². The number of nitrogens with one attached hydrogen (secondary N) is 2. The van der Waals surface area contributed by atoms with E-state index in [2.05, 4.69) is 20.2 Å². The van der Waals surface area contributed by atoms with Gasteiger partial charge in [-0.05, 0) is 26.0 Å². The summed E-state index contributed by atoms with van der Waals surface area (Å²) in [4.78, 5) is 11.3. The highest BCUT2D eigenvalue weighted by atomic mass is 32.2. The van der Waals surface area contributed by atoms with Gasteiger partial charge in [-0.1, -0.05) is 36.0 Å². The van der Waals surface area contributed by atoms with Crippen LogP contribution in [0.25, 0.3) is 0 Å². The maximum absolute atomic E-state index is 12.3. The molecule has 2 N–H and O–H groups in total. The van der Waals surface area contributed by atoms with E-state index < -0.39 is 16.1 Å². The van der Waals surface area contributed by atoms with E-state index >= 15 is 0 Å². The number of sulfonamides is 1. The topological polar surface area (TPSA) is 110 Å². The van der Waals surface area contributed by atoms with Gasteiger partial charge in [0.25, 0.3) is 10.0 Å². The molecule has 25 heavy (non-hydrogen) atoms. The van der Waals surface area contributed by atoms with Gasteiger partial charge in [0.05, 0.1) is 6.04 Å². The zero-order valence-electron chi connectivity index (χ0n) is 14.1. The smallest absolute Gasteiger partial charge is 0.270 e. The largest absolute Gasteiger partial charge is 0.492 e. The van der Waals surface area contributed by atoms with Crippen molar-refractivity contribution < 1.29 is 17.9 Å². The summed E-state index contributed by atoms with van der Waals surface area (Å²) >= 11 is 0.796. The fourth-order valence-corrected chi connectivity index (χ4v) is 3.94. The van der Waals surface area contributed by atoms with Crippen LogP contribution >= 0.6 is 11.3 Å². The third kappa shape index (κ3) is 5.76. The third-order valence-electron chi connectivity index (χ3n) is 3.08. The maximum Gasteiger partial charge on any atom is 0.270 e. The predicted molar refractivity (Wildman–Crippen MR) is 95.3 cm³/mol. The molecular weight excluding hydrogens is 364 g/mol. The van der Waals surface area contributed by atoms with E-state index in [0.717, 1.165) is 16.9 Å². The molecule has 0 aliphatic rings. The van der Waals surface area contributed by atoms with Crippen LogP contribution in [-0.2, 0) is 14.8 Å². The van der Waals surface area contributed by atoms with E-state index in [1.54, 1.807) is 13.8 Å². The number of ether oxygens (including phenoxy) is 1. The van der Waals surface area contributed by atoms with Gasteiger partial charge in [0.1, 0.15) is 12.4 Å². The van der Waals surface area contributed by atoms with Crippen molar-refractivity contribution in [2.24, 2.45) is 0 Å². The minimum atomic E-state index is -3.83. The van der Waals surface area contributed by atoms with Crippen LogP contribution in [0.5, 0.6) is 5.75 Å². The minimum Gasteiger partial charge on any atom is -0.492 e. The minimum absolute atomic E-state index is 0.149. The second kappa shape index (κ2) is 8.37. The van der Waals surface area contributed by atoms with Gasteiger partial charge in [0.2, 0.25) is 15.4 Å². The SMILES string of the molecule is CCC(=O)Nc1nnc(S(=O)(=O)NC(C)COc2ccc(C)cc2)s1. The zero-order valence-corrected chi connectivity index (χ0v) is 15.8. The fourth-order valence-electron chi connectivity index (χ4n) is 1.78. The quantitative estimate of drug-likeness (QED) is 0.673. The lowest BCUT2D eigenvalue weighted by Gasteiger charge is -2.14. The summed E-state index contributed by atoms with van der Waals surface area (Å²) in [5, 5.41) is 9.91. The molecule has 8 nitrogen and oxygen atoms in total. The summed E-state index contributed by atoms with van der Waals surface area (Å²) in [5.41, 5.74) is 1.11. The molecule has 1 heterocycles. The van der Waals surface area contributed by atoms with Crippen molar-refractivity contribution in [2.45, 2.75) is 37.6 Å². The molecule has 10 heteroatoms. The van der Waals surface area contributed by atoms with E-state index in [4.69, 9.17) is 4.74 Å². The van der Waals surface area contributed by atoms with Crippen molar-refractivity contribution >= 4 is 32.4 Å². The first-order valence-electron chi connectivity index (χ1n) is 7.65. The molecule has 0 saturated heterocycles. The number of amides is 1. The molecule has 0 radical (unpaired) electrons. The van der Waals surface area contributed by atoms with E-state index in [-0.39, 0.29) is 28.4 Å². The Balaban J connectivity index is 1.93.